The Morgan fingerprint density at radius 1 is 1.17 bits per heavy atom. The molecule has 0 unspecified atom stereocenters. The Hall–Kier alpha value is -2.47. The van der Waals surface area contributed by atoms with E-state index in [1.54, 1.807) is 0 Å². The van der Waals surface area contributed by atoms with Gasteiger partial charge >= 0.3 is 0 Å². The van der Waals surface area contributed by atoms with Crippen LogP contribution < -0.4 is 10.1 Å². The molecule has 0 radical (unpaired) electrons. The van der Waals surface area contributed by atoms with Crippen LogP contribution in [0, 0.1) is 0 Å². The van der Waals surface area contributed by atoms with Gasteiger partial charge in [-0.1, -0.05) is 18.2 Å². The van der Waals surface area contributed by atoms with E-state index in [0.29, 0.717) is 17.9 Å². The van der Waals surface area contributed by atoms with Crippen LogP contribution in [-0.2, 0) is 9.53 Å². The molecule has 1 aliphatic rings. The lowest BCUT2D eigenvalue weighted by Gasteiger charge is -2.21. The van der Waals surface area contributed by atoms with E-state index in [4.69, 9.17) is 9.47 Å². The maximum Gasteiger partial charge on any atom is 0.229 e. The molecule has 1 N–H and O–H groups in total. The van der Waals surface area contributed by atoms with Gasteiger partial charge in [0.25, 0.3) is 0 Å². The number of aromatic nitrogens is 2. The smallest absolute Gasteiger partial charge is 0.229 e. The number of nitrogens with zero attached hydrogens (tertiary/aromatic N) is 2. The number of para-hydroxylation sites is 1. The van der Waals surface area contributed by atoms with Gasteiger partial charge in [-0.15, -0.1) is 0 Å². The van der Waals surface area contributed by atoms with E-state index in [-0.39, 0.29) is 18.0 Å². The average Bonchev–Trinajstić information content (AvgIpc) is 2.58. The number of ether oxygens (including phenoxy) is 2. The SMILES string of the molecule is O=C(C[C@H]1CCCCO1)Nc1ncc(Oc2ccccc2)cn1. The highest BCUT2D eigenvalue weighted by atomic mass is 16.5. The fourth-order valence-corrected chi connectivity index (χ4v) is 2.41. The highest BCUT2D eigenvalue weighted by Gasteiger charge is 2.18. The van der Waals surface area contributed by atoms with Gasteiger partial charge in [0.15, 0.2) is 5.75 Å². The molecular weight excluding hydrogens is 294 g/mol. The molecule has 23 heavy (non-hydrogen) atoms. The van der Waals surface area contributed by atoms with Crippen molar-refractivity contribution in [2.75, 3.05) is 11.9 Å². The summed E-state index contributed by atoms with van der Waals surface area (Å²) in [5.74, 6) is 1.37. The van der Waals surface area contributed by atoms with Gasteiger partial charge in [-0.25, -0.2) is 9.97 Å². The van der Waals surface area contributed by atoms with Gasteiger partial charge in [0, 0.05) is 6.61 Å². The highest BCUT2D eigenvalue weighted by molar-refractivity contribution is 5.89. The Morgan fingerprint density at radius 3 is 2.65 bits per heavy atom. The first kappa shape index (κ1) is 15.4. The van der Waals surface area contributed by atoms with Crippen LogP contribution in [0.1, 0.15) is 25.7 Å². The summed E-state index contributed by atoms with van der Waals surface area (Å²) in [6.07, 6.45) is 6.53. The monoisotopic (exact) mass is 313 g/mol. The van der Waals surface area contributed by atoms with Gasteiger partial charge in [-0.2, -0.15) is 0 Å². The summed E-state index contributed by atoms with van der Waals surface area (Å²) in [5, 5.41) is 2.68. The number of carbonyl (C=O) groups excluding carboxylic acids is 1. The van der Waals surface area contributed by atoms with Crippen LogP contribution in [0.2, 0.25) is 0 Å². The molecule has 3 rings (SSSR count). The molecule has 6 heteroatoms. The molecule has 1 atom stereocenters. The molecule has 0 aliphatic carbocycles. The molecule has 6 nitrogen and oxygen atoms in total. The van der Waals surface area contributed by atoms with E-state index in [1.807, 2.05) is 30.3 Å². The molecular formula is C17H19N3O3. The third kappa shape index (κ3) is 4.75. The molecule has 0 spiro atoms. The molecule has 120 valence electrons. The zero-order valence-electron chi connectivity index (χ0n) is 12.8. The summed E-state index contributed by atoms with van der Waals surface area (Å²) in [5.41, 5.74) is 0. The minimum absolute atomic E-state index is 0.00411. The van der Waals surface area contributed by atoms with Crippen LogP contribution in [0.5, 0.6) is 11.5 Å². The second-order valence-corrected chi connectivity index (χ2v) is 5.40. The molecule has 0 bridgehead atoms. The predicted octanol–water partition coefficient (Wildman–Crippen LogP) is 3.17. The van der Waals surface area contributed by atoms with Gasteiger partial charge in [0.2, 0.25) is 11.9 Å². The first-order valence-corrected chi connectivity index (χ1v) is 7.76. The van der Waals surface area contributed by atoms with Gasteiger partial charge in [0.05, 0.1) is 24.9 Å². The lowest BCUT2D eigenvalue weighted by molar-refractivity contribution is -0.119. The molecule has 2 heterocycles. The quantitative estimate of drug-likeness (QED) is 0.918. The van der Waals surface area contributed by atoms with E-state index < -0.39 is 0 Å². The van der Waals surface area contributed by atoms with Gasteiger partial charge in [-0.05, 0) is 31.4 Å². The number of anilines is 1. The third-order valence-corrected chi connectivity index (χ3v) is 3.55. The van der Waals surface area contributed by atoms with E-state index in [1.165, 1.54) is 12.4 Å². The molecule has 1 saturated heterocycles. The summed E-state index contributed by atoms with van der Waals surface area (Å²) in [4.78, 5) is 20.2. The summed E-state index contributed by atoms with van der Waals surface area (Å²) in [6, 6.07) is 9.38. The molecule has 1 aromatic heterocycles. The van der Waals surface area contributed by atoms with Crippen molar-refractivity contribution >= 4 is 11.9 Å². The predicted molar refractivity (Wildman–Crippen MR) is 85.4 cm³/mol. The first-order valence-electron chi connectivity index (χ1n) is 7.76. The van der Waals surface area contributed by atoms with E-state index >= 15 is 0 Å². The number of amides is 1. The molecule has 1 aromatic carbocycles. The highest BCUT2D eigenvalue weighted by Crippen LogP contribution is 2.20. The lowest BCUT2D eigenvalue weighted by atomic mass is 10.1. The van der Waals surface area contributed by atoms with Crippen molar-refractivity contribution in [3.8, 4) is 11.5 Å². The maximum absolute atomic E-state index is 12.0. The van der Waals surface area contributed by atoms with Crippen LogP contribution >= 0.6 is 0 Å². The average molecular weight is 313 g/mol. The molecule has 1 fully saturated rings. The van der Waals surface area contributed by atoms with Gasteiger partial charge in [-0.3, -0.25) is 10.1 Å². The first-order chi connectivity index (χ1) is 11.3. The Balaban J connectivity index is 1.51. The summed E-state index contributed by atoms with van der Waals surface area (Å²) >= 11 is 0. The largest absolute Gasteiger partial charge is 0.454 e. The number of nitrogens with one attached hydrogen (secondary N) is 1. The number of hydrogen-bond donors (Lipinski definition) is 1. The van der Waals surface area contributed by atoms with Crippen LogP contribution in [0.3, 0.4) is 0 Å². The zero-order valence-corrected chi connectivity index (χ0v) is 12.8. The van der Waals surface area contributed by atoms with E-state index in [0.717, 1.165) is 25.9 Å². The fraction of sp³-hybridized carbons (Fsp3) is 0.353. The Morgan fingerprint density at radius 2 is 1.96 bits per heavy atom. The van der Waals surface area contributed by atoms with Gasteiger partial charge < -0.3 is 9.47 Å². The normalized spacial score (nSPS) is 17.5. The summed E-state index contributed by atoms with van der Waals surface area (Å²) in [6.45, 7) is 0.736. The van der Waals surface area contributed by atoms with E-state index in [2.05, 4.69) is 15.3 Å². The lowest BCUT2D eigenvalue weighted by Crippen LogP contribution is -2.26. The van der Waals surface area contributed by atoms with Crippen LogP contribution in [0.25, 0.3) is 0 Å². The number of rotatable bonds is 5. The number of benzene rings is 1. The van der Waals surface area contributed by atoms with Crippen molar-refractivity contribution in [1.82, 2.24) is 9.97 Å². The molecule has 1 amide bonds. The van der Waals surface area contributed by atoms with Crippen molar-refractivity contribution in [3.63, 3.8) is 0 Å². The van der Waals surface area contributed by atoms with Crippen molar-refractivity contribution in [1.29, 1.82) is 0 Å². The molecule has 0 saturated carbocycles. The molecule has 1 aliphatic heterocycles. The zero-order chi connectivity index (χ0) is 15.9. The van der Waals surface area contributed by atoms with Crippen LogP contribution in [0.4, 0.5) is 5.95 Å². The fourth-order valence-electron chi connectivity index (χ4n) is 2.41. The van der Waals surface area contributed by atoms with Crippen molar-refractivity contribution in [2.45, 2.75) is 31.8 Å². The van der Waals surface area contributed by atoms with Gasteiger partial charge in [0.1, 0.15) is 5.75 Å². The number of carbonyl (C=O) groups is 1. The number of hydrogen-bond acceptors (Lipinski definition) is 5. The summed E-state index contributed by atoms with van der Waals surface area (Å²) < 4.78 is 11.2. The Labute approximate surface area is 134 Å². The second-order valence-electron chi connectivity index (χ2n) is 5.40. The minimum Gasteiger partial charge on any atom is -0.454 e. The third-order valence-electron chi connectivity index (χ3n) is 3.55. The van der Waals surface area contributed by atoms with Crippen LogP contribution in [-0.4, -0.2) is 28.6 Å². The standard InChI is InChI=1S/C17H19N3O3/c21-16(10-14-8-4-5-9-22-14)20-17-18-11-15(12-19-17)23-13-6-2-1-3-7-13/h1-3,6-7,11-12,14H,4-5,8-10H2,(H,18,19,20,21)/t14-/m1/s1. The molecule has 2 aromatic rings. The van der Waals surface area contributed by atoms with Crippen molar-refractivity contribution in [2.24, 2.45) is 0 Å². The van der Waals surface area contributed by atoms with Crippen molar-refractivity contribution in [3.05, 3.63) is 42.7 Å². The van der Waals surface area contributed by atoms with Crippen molar-refractivity contribution < 1.29 is 14.3 Å². The Bertz CT molecular complexity index is 625. The minimum atomic E-state index is -0.131. The Kier molecular flexibility index (Phi) is 5.16. The van der Waals surface area contributed by atoms with Crippen LogP contribution in [0.15, 0.2) is 42.7 Å². The maximum atomic E-state index is 12.0. The van der Waals surface area contributed by atoms with E-state index in [9.17, 15) is 4.79 Å². The summed E-state index contributed by atoms with van der Waals surface area (Å²) in [7, 11) is 0. The topological polar surface area (TPSA) is 73.3 Å². The second kappa shape index (κ2) is 7.69.